The van der Waals surface area contributed by atoms with Crippen molar-refractivity contribution in [1.29, 1.82) is 0 Å². The number of aromatic nitrogens is 1. The topological polar surface area (TPSA) is 48.5 Å². The van der Waals surface area contributed by atoms with E-state index < -0.39 is 0 Å². The number of carbonyl (C=O) groups is 1. The molecule has 2 aromatic carbocycles. The molecule has 1 aliphatic heterocycles. The van der Waals surface area contributed by atoms with Crippen LogP contribution in [0.3, 0.4) is 0 Å². The summed E-state index contributed by atoms with van der Waals surface area (Å²) in [5, 5.41) is 4.07. The van der Waals surface area contributed by atoms with Crippen LogP contribution in [-0.2, 0) is 4.79 Å². The van der Waals surface area contributed by atoms with E-state index >= 15 is 0 Å². The van der Waals surface area contributed by atoms with E-state index in [1.165, 1.54) is 0 Å². The average molecular weight is 407 g/mol. The molecule has 29 heavy (non-hydrogen) atoms. The van der Waals surface area contributed by atoms with E-state index in [9.17, 15) is 4.79 Å². The Kier molecular flexibility index (Phi) is 5.65. The van der Waals surface area contributed by atoms with Gasteiger partial charge in [-0.1, -0.05) is 41.7 Å². The van der Waals surface area contributed by atoms with Crippen molar-refractivity contribution in [2.24, 2.45) is 0 Å². The summed E-state index contributed by atoms with van der Waals surface area (Å²) in [5.41, 5.74) is 3.47. The minimum atomic E-state index is -0.0914. The van der Waals surface area contributed by atoms with Crippen LogP contribution >= 0.6 is 11.3 Å². The molecule has 1 saturated heterocycles. The second-order valence-electron chi connectivity index (χ2n) is 7.72. The molecule has 5 nitrogen and oxygen atoms in total. The first-order valence-corrected chi connectivity index (χ1v) is 10.7. The molecular formula is C23H26N4OS. The van der Waals surface area contributed by atoms with Gasteiger partial charge in [0.2, 0.25) is 0 Å². The molecule has 1 fully saturated rings. The van der Waals surface area contributed by atoms with Crippen molar-refractivity contribution in [2.75, 3.05) is 37.4 Å². The highest BCUT2D eigenvalue weighted by Gasteiger charge is 2.26. The Balaban J connectivity index is 1.48. The van der Waals surface area contributed by atoms with E-state index in [1.807, 2.05) is 61.5 Å². The van der Waals surface area contributed by atoms with Gasteiger partial charge >= 0.3 is 0 Å². The largest absolute Gasteiger partial charge is 0.346 e. The standard InChI is InChI=1S/C23H26N4OS/c1-16(13-17-7-5-4-6-8-17)22(28)24-18-9-10-20-21(14-18)29-23(25-20)27-12-11-19(15-27)26(2)3/h4-10,13-14,19H,11-12,15H2,1-3H3,(H,24,28)/b16-13+. The van der Waals surface area contributed by atoms with Crippen LogP contribution in [0.5, 0.6) is 0 Å². The van der Waals surface area contributed by atoms with Gasteiger partial charge in [-0.15, -0.1) is 0 Å². The van der Waals surface area contributed by atoms with Crippen molar-refractivity contribution in [3.05, 3.63) is 59.7 Å². The monoisotopic (exact) mass is 406 g/mol. The third-order valence-corrected chi connectivity index (χ3v) is 6.42. The number of nitrogens with zero attached hydrogens (tertiary/aromatic N) is 3. The molecule has 0 saturated carbocycles. The highest BCUT2D eigenvalue weighted by molar-refractivity contribution is 7.22. The van der Waals surface area contributed by atoms with Crippen LogP contribution < -0.4 is 10.2 Å². The van der Waals surface area contributed by atoms with Crippen LogP contribution in [0.2, 0.25) is 0 Å². The van der Waals surface area contributed by atoms with E-state index in [-0.39, 0.29) is 5.91 Å². The number of amides is 1. The number of carbonyl (C=O) groups excluding carboxylic acids is 1. The number of benzene rings is 2. The highest BCUT2D eigenvalue weighted by Crippen LogP contribution is 2.33. The lowest BCUT2D eigenvalue weighted by atomic mass is 10.1. The zero-order chi connectivity index (χ0) is 20.4. The number of rotatable bonds is 5. The minimum absolute atomic E-state index is 0.0914. The molecule has 1 aromatic heterocycles. The molecular weight excluding hydrogens is 380 g/mol. The van der Waals surface area contributed by atoms with Gasteiger partial charge in [0.1, 0.15) is 0 Å². The van der Waals surface area contributed by atoms with Crippen LogP contribution in [0.1, 0.15) is 18.9 Å². The fraction of sp³-hybridized carbons (Fsp3) is 0.304. The quantitative estimate of drug-likeness (QED) is 0.635. The van der Waals surface area contributed by atoms with Crippen LogP contribution in [0.15, 0.2) is 54.1 Å². The van der Waals surface area contributed by atoms with Gasteiger partial charge in [-0.25, -0.2) is 4.98 Å². The molecule has 1 aliphatic rings. The van der Waals surface area contributed by atoms with Crippen molar-refractivity contribution < 1.29 is 4.79 Å². The van der Waals surface area contributed by atoms with Crippen molar-refractivity contribution in [3.63, 3.8) is 0 Å². The number of likely N-dealkylation sites (N-methyl/N-ethyl adjacent to an activating group) is 1. The van der Waals surface area contributed by atoms with Gasteiger partial charge in [0, 0.05) is 30.4 Å². The summed E-state index contributed by atoms with van der Waals surface area (Å²) >= 11 is 1.69. The molecule has 0 radical (unpaired) electrons. The third kappa shape index (κ3) is 4.49. The van der Waals surface area contributed by atoms with Crippen molar-refractivity contribution in [3.8, 4) is 0 Å². The Morgan fingerprint density at radius 3 is 2.76 bits per heavy atom. The summed E-state index contributed by atoms with van der Waals surface area (Å²) in [5.74, 6) is -0.0914. The molecule has 4 rings (SSSR count). The molecule has 150 valence electrons. The Labute approximate surface area is 175 Å². The maximum atomic E-state index is 12.6. The third-order valence-electron chi connectivity index (χ3n) is 5.34. The maximum absolute atomic E-state index is 12.6. The summed E-state index contributed by atoms with van der Waals surface area (Å²) < 4.78 is 1.09. The number of nitrogens with one attached hydrogen (secondary N) is 1. The number of hydrogen-bond acceptors (Lipinski definition) is 5. The minimum Gasteiger partial charge on any atom is -0.346 e. The second-order valence-corrected chi connectivity index (χ2v) is 8.73. The number of thiazole rings is 1. The average Bonchev–Trinajstić information content (AvgIpc) is 3.35. The van der Waals surface area contributed by atoms with Gasteiger partial charge in [0.15, 0.2) is 5.13 Å². The van der Waals surface area contributed by atoms with E-state index in [4.69, 9.17) is 4.98 Å². The zero-order valence-electron chi connectivity index (χ0n) is 17.1. The molecule has 0 bridgehead atoms. The van der Waals surface area contributed by atoms with Crippen LogP contribution in [0.25, 0.3) is 16.3 Å². The summed E-state index contributed by atoms with van der Waals surface area (Å²) in [6, 6.07) is 16.4. The highest BCUT2D eigenvalue weighted by atomic mass is 32.1. The SMILES string of the molecule is C/C(=C\c1ccccc1)C(=O)Nc1ccc2nc(N3CCC(N(C)C)C3)sc2c1. The second kappa shape index (κ2) is 8.35. The molecule has 0 aliphatic carbocycles. The van der Waals surface area contributed by atoms with Gasteiger partial charge in [-0.3, -0.25) is 4.79 Å². The molecule has 2 heterocycles. The van der Waals surface area contributed by atoms with Gasteiger partial charge < -0.3 is 15.1 Å². The first kappa shape index (κ1) is 19.6. The first-order chi connectivity index (χ1) is 14.0. The molecule has 1 atom stereocenters. The summed E-state index contributed by atoms with van der Waals surface area (Å²) in [6.45, 7) is 3.88. The van der Waals surface area contributed by atoms with Crippen molar-refractivity contribution in [2.45, 2.75) is 19.4 Å². The maximum Gasteiger partial charge on any atom is 0.251 e. The fourth-order valence-corrected chi connectivity index (χ4v) is 4.60. The summed E-state index contributed by atoms with van der Waals surface area (Å²) in [6.07, 6.45) is 3.06. The van der Waals surface area contributed by atoms with E-state index in [0.29, 0.717) is 11.6 Å². The molecule has 1 N–H and O–H groups in total. The Morgan fingerprint density at radius 2 is 2.03 bits per heavy atom. The normalized spacial score (nSPS) is 17.3. The Hall–Kier alpha value is -2.70. The Bertz CT molecular complexity index is 1040. The first-order valence-electron chi connectivity index (χ1n) is 9.86. The summed E-state index contributed by atoms with van der Waals surface area (Å²) in [4.78, 5) is 22.0. The molecule has 1 unspecified atom stereocenters. The smallest absolute Gasteiger partial charge is 0.251 e. The van der Waals surface area contributed by atoms with Crippen LogP contribution in [0.4, 0.5) is 10.8 Å². The lowest BCUT2D eigenvalue weighted by Gasteiger charge is -2.19. The molecule has 3 aromatic rings. The van der Waals surface area contributed by atoms with E-state index in [2.05, 4.69) is 29.2 Å². The van der Waals surface area contributed by atoms with Gasteiger partial charge in [0.25, 0.3) is 5.91 Å². The fourth-order valence-electron chi connectivity index (χ4n) is 3.56. The number of hydrogen-bond donors (Lipinski definition) is 1. The lowest BCUT2D eigenvalue weighted by molar-refractivity contribution is -0.112. The van der Waals surface area contributed by atoms with Gasteiger partial charge in [0.05, 0.1) is 10.2 Å². The van der Waals surface area contributed by atoms with E-state index in [1.54, 1.807) is 11.3 Å². The molecule has 1 amide bonds. The predicted octanol–water partition coefficient (Wildman–Crippen LogP) is 4.48. The lowest BCUT2D eigenvalue weighted by Crippen LogP contribution is -2.31. The van der Waals surface area contributed by atoms with Crippen molar-refractivity contribution >= 4 is 44.4 Å². The zero-order valence-corrected chi connectivity index (χ0v) is 17.9. The van der Waals surface area contributed by atoms with Gasteiger partial charge in [-0.2, -0.15) is 0 Å². The van der Waals surface area contributed by atoms with E-state index in [0.717, 1.165) is 46.1 Å². The predicted molar refractivity (Wildman–Crippen MR) is 123 cm³/mol. The van der Waals surface area contributed by atoms with Crippen molar-refractivity contribution in [1.82, 2.24) is 9.88 Å². The number of fused-ring (bicyclic) bond motifs is 1. The number of anilines is 2. The molecule has 6 heteroatoms. The van der Waals surface area contributed by atoms with Gasteiger partial charge in [-0.05, 0) is 57.3 Å². The summed E-state index contributed by atoms with van der Waals surface area (Å²) in [7, 11) is 4.27. The Morgan fingerprint density at radius 1 is 1.24 bits per heavy atom. The van der Waals surface area contributed by atoms with Crippen LogP contribution in [0, 0.1) is 0 Å². The van der Waals surface area contributed by atoms with Crippen LogP contribution in [-0.4, -0.2) is 49.0 Å². The molecule has 0 spiro atoms.